The van der Waals surface area contributed by atoms with Crippen LogP contribution in [0.25, 0.3) is 0 Å². The number of unbranched alkanes of at least 4 members (excludes halogenated alkanes) is 1. The van der Waals surface area contributed by atoms with Crippen molar-refractivity contribution in [1.29, 1.82) is 0 Å². The summed E-state index contributed by atoms with van der Waals surface area (Å²) in [5, 5.41) is 9.34. The van der Waals surface area contributed by atoms with Crippen LogP contribution in [0.4, 0.5) is 0 Å². The molecule has 0 aromatic carbocycles. The summed E-state index contributed by atoms with van der Waals surface area (Å²) in [6.07, 6.45) is 11.4. The molecule has 1 saturated carbocycles. The summed E-state index contributed by atoms with van der Waals surface area (Å²) in [6.45, 7) is 10.6. The number of nitrogens with zero attached hydrogens (tertiary/aromatic N) is 2. The lowest BCUT2D eigenvalue weighted by atomic mass is 9.66. The lowest BCUT2D eigenvalue weighted by Crippen LogP contribution is -2.57. The molecule has 4 aliphatic rings. The summed E-state index contributed by atoms with van der Waals surface area (Å²) >= 11 is 1.68. The number of ether oxygens (including phenoxy) is 1. The van der Waals surface area contributed by atoms with E-state index < -0.39 is 27.4 Å². The number of aliphatic hydroxyl groups excluding tert-OH is 1. The first kappa shape index (κ1) is 26.3. The summed E-state index contributed by atoms with van der Waals surface area (Å²) in [7, 11) is 0. The zero-order valence-electron chi connectivity index (χ0n) is 21.0. The molecule has 5 atom stereocenters. The van der Waals surface area contributed by atoms with Crippen LogP contribution in [0.15, 0.2) is 25.3 Å². The zero-order valence-corrected chi connectivity index (χ0v) is 21.8. The van der Waals surface area contributed by atoms with Gasteiger partial charge in [0.2, 0.25) is 11.8 Å². The van der Waals surface area contributed by atoms with Gasteiger partial charge < -0.3 is 19.6 Å². The normalized spacial score (nSPS) is 34.1. The zero-order chi connectivity index (χ0) is 25.2. The molecule has 3 aliphatic heterocycles. The molecule has 2 unspecified atom stereocenters. The summed E-state index contributed by atoms with van der Waals surface area (Å²) in [6, 6.07) is -0.448. The Labute approximate surface area is 213 Å². The highest BCUT2D eigenvalue weighted by atomic mass is 32.2. The molecular weight excluding hydrogens is 464 g/mol. The van der Waals surface area contributed by atoms with Crippen molar-refractivity contribution in [1.82, 2.24) is 9.80 Å². The van der Waals surface area contributed by atoms with E-state index in [-0.39, 0.29) is 37.0 Å². The summed E-state index contributed by atoms with van der Waals surface area (Å²) in [4.78, 5) is 45.3. The van der Waals surface area contributed by atoms with Crippen molar-refractivity contribution < 1.29 is 24.2 Å². The summed E-state index contributed by atoms with van der Waals surface area (Å²) < 4.78 is 4.42. The molecule has 35 heavy (non-hydrogen) atoms. The Bertz CT molecular complexity index is 859. The Morgan fingerprint density at radius 2 is 1.94 bits per heavy atom. The van der Waals surface area contributed by atoms with Gasteiger partial charge in [-0.2, -0.15) is 0 Å². The van der Waals surface area contributed by atoms with Crippen LogP contribution in [0.3, 0.4) is 0 Å². The SMILES string of the molecule is C=CCOC(=O)[C@H]1[C@H]2C(=O)N(CCCCO)C(C(=O)N(CC=C)C3CCCCC3)C23CC[C@]1(C)S3. The maximum absolute atomic E-state index is 14.4. The first-order valence-corrected chi connectivity index (χ1v) is 14.0. The third-order valence-electron chi connectivity index (χ3n) is 8.54. The average Bonchev–Trinajstić information content (AvgIpc) is 3.42. The molecule has 8 heteroatoms. The predicted octanol–water partition coefficient (Wildman–Crippen LogP) is 3.32. The molecule has 0 radical (unpaired) electrons. The van der Waals surface area contributed by atoms with Crippen molar-refractivity contribution in [2.24, 2.45) is 11.8 Å². The molecule has 3 heterocycles. The summed E-state index contributed by atoms with van der Waals surface area (Å²) in [5.74, 6) is -1.62. The Hall–Kier alpha value is -1.80. The number of carbonyl (C=O) groups excluding carboxylic acids is 3. The Balaban J connectivity index is 1.71. The van der Waals surface area contributed by atoms with E-state index >= 15 is 0 Å². The van der Waals surface area contributed by atoms with Crippen LogP contribution in [0.2, 0.25) is 0 Å². The van der Waals surface area contributed by atoms with Crippen LogP contribution < -0.4 is 0 Å². The number of amides is 2. The third-order valence-corrected chi connectivity index (χ3v) is 10.5. The molecule has 0 aromatic heterocycles. The second kappa shape index (κ2) is 10.7. The molecule has 2 bridgehead atoms. The standard InChI is InChI=1S/C27H40N2O5S/c1-4-15-28(19-11-7-6-8-12-19)24(32)22-27-14-13-26(3,35-27)21(25(33)34-18-5-2)20(27)23(31)29(22)16-9-10-17-30/h4-5,19-22,30H,1-2,6-18H2,3H3/t20-,21+,22?,26-,27?/m0/s1. The number of aliphatic hydroxyl groups is 1. The first-order chi connectivity index (χ1) is 16.8. The van der Waals surface area contributed by atoms with Gasteiger partial charge >= 0.3 is 5.97 Å². The highest BCUT2D eigenvalue weighted by molar-refractivity contribution is 8.02. The molecule has 7 nitrogen and oxygen atoms in total. The lowest BCUT2D eigenvalue weighted by Gasteiger charge is -2.41. The summed E-state index contributed by atoms with van der Waals surface area (Å²) in [5.41, 5.74) is 0. The number of likely N-dealkylation sites (tertiary alicyclic amines) is 1. The molecule has 194 valence electrons. The Morgan fingerprint density at radius 1 is 1.20 bits per heavy atom. The van der Waals surface area contributed by atoms with Crippen molar-refractivity contribution >= 4 is 29.5 Å². The largest absolute Gasteiger partial charge is 0.461 e. The fourth-order valence-corrected chi connectivity index (χ4v) is 9.38. The molecule has 3 saturated heterocycles. The van der Waals surface area contributed by atoms with E-state index in [1.165, 1.54) is 12.5 Å². The molecule has 1 spiro atoms. The highest BCUT2D eigenvalue weighted by Crippen LogP contribution is 2.71. The van der Waals surface area contributed by atoms with Gasteiger partial charge in [-0.1, -0.05) is 38.0 Å². The van der Waals surface area contributed by atoms with Crippen molar-refractivity contribution in [3.8, 4) is 0 Å². The van der Waals surface area contributed by atoms with Crippen molar-refractivity contribution in [3.05, 3.63) is 25.3 Å². The molecule has 4 fully saturated rings. The van der Waals surface area contributed by atoms with E-state index in [4.69, 9.17) is 4.74 Å². The molecular formula is C27H40N2O5S. The predicted molar refractivity (Wildman–Crippen MR) is 137 cm³/mol. The van der Waals surface area contributed by atoms with E-state index in [1.54, 1.807) is 22.7 Å². The highest BCUT2D eigenvalue weighted by Gasteiger charge is 2.77. The third kappa shape index (κ3) is 4.45. The maximum Gasteiger partial charge on any atom is 0.311 e. The first-order valence-electron chi connectivity index (χ1n) is 13.1. The molecule has 1 N–H and O–H groups in total. The number of rotatable bonds is 11. The van der Waals surface area contributed by atoms with Crippen LogP contribution in [-0.2, 0) is 19.1 Å². The topological polar surface area (TPSA) is 87.1 Å². The second-order valence-corrected chi connectivity index (χ2v) is 12.6. The van der Waals surface area contributed by atoms with Crippen LogP contribution in [0, 0.1) is 11.8 Å². The van der Waals surface area contributed by atoms with Crippen LogP contribution in [0.1, 0.15) is 64.7 Å². The average molecular weight is 505 g/mol. The molecule has 4 rings (SSSR count). The molecule has 2 amide bonds. The smallest absolute Gasteiger partial charge is 0.311 e. The second-order valence-electron chi connectivity index (χ2n) is 10.7. The van der Waals surface area contributed by atoms with Gasteiger partial charge in [-0.25, -0.2) is 0 Å². The van der Waals surface area contributed by atoms with Crippen LogP contribution in [-0.4, -0.2) is 80.6 Å². The van der Waals surface area contributed by atoms with Gasteiger partial charge in [0.25, 0.3) is 0 Å². The minimum absolute atomic E-state index is 0.00601. The van der Waals surface area contributed by atoms with Crippen molar-refractivity contribution in [3.63, 3.8) is 0 Å². The van der Waals surface area contributed by atoms with Gasteiger partial charge in [0, 0.05) is 30.5 Å². The number of thioether (sulfide) groups is 1. The maximum atomic E-state index is 14.4. The number of fused-ring (bicyclic) bond motifs is 1. The quantitative estimate of drug-likeness (QED) is 0.264. The molecule has 0 aromatic rings. The van der Waals surface area contributed by atoms with E-state index in [1.807, 2.05) is 4.90 Å². The minimum atomic E-state index is -0.631. The number of hydrogen-bond donors (Lipinski definition) is 1. The fraction of sp³-hybridized carbons (Fsp3) is 0.741. The van der Waals surface area contributed by atoms with E-state index in [2.05, 4.69) is 20.1 Å². The lowest BCUT2D eigenvalue weighted by molar-refractivity contribution is -0.154. The van der Waals surface area contributed by atoms with Crippen LogP contribution >= 0.6 is 11.8 Å². The van der Waals surface area contributed by atoms with E-state index in [9.17, 15) is 19.5 Å². The van der Waals surface area contributed by atoms with Gasteiger partial charge in [-0.05, 0) is 45.4 Å². The van der Waals surface area contributed by atoms with Crippen molar-refractivity contribution in [2.75, 3.05) is 26.3 Å². The van der Waals surface area contributed by atoms with Gasteiger partial charge in [0.15, 0.2) is 0 Å². The van der Waals surface area contributed by atoms with E-state index in [0.717, 1.165) is 38.5 Å². The number of hydrogen-bond acceptors (Lipinski definition) is 6. The van der Waals surface area contributed by atoms with Gasteiger partial charge in [-0.3, -0.25) is 14.4 Å². The minimum Gasteiger partial charge on any atom is -0.461 e. The number of esters is 1. The number of carbonyl (C=O) groups is 3. The molecule has 1 aliphatic carbocycles. The van der Waals surface area contributed by atoms with Gasteiger partial charge in [0.1, 0.15) is 12.6 Å². The van der Waals surface area contributed by atoms with E-state index in [0.29, 0.717) is 25.9 Å². The van der Waals surface area contributed by atoms with Crippen LogP contribution in [0.5, 0.6) is 0 Å². The van der Waals surface area contributed by atoms with Gasteiger partial charge in [0.05, 0.1) is 16.6 Å². The fourth-order valence-electron chi connectivity index (χ4n) is 7.04. The van der Waals surface area contributed by atoms with Gasteiger partial charge in [-0.15, -0.1) is 18.3 Å². The van der Waals surface area contributed by atoms with Crippen molar-refractivity contribution in [2.45, 2.75) is 86.3 Å². The Kier molecular flexibility index (Phi) is 8.01. The monoisotopic (exact) mass is 504 g/mol. The Morgan fingerprint density at radius 3 is 2.60 bits per heavy atom.